The Labute approximate surface area is 175 Å². The van der Waals surface area contributed by atoms with Crippen LogP contribution in [-0.4, -0.2) is 51.4 Å². The molecule has 2 aromatic rings. The third-order valence-corrected chi connectivity index (χ3v) is 5.24. The first-order valence-corrected chi connectivity index (χ1v) is 10.0. The van der Waals surface area contributed by atoms with E-state index in [-0.39, 0.29) is 24.4 Å². The minimum absolute atomic E-state index is 0.0375. The number of carbonyl (C=O) groups excluding carboxylic acids is 2. The number of anilines is 2. The van der Waals surface area contributed by atoms with E-state index in [0.717, 1.165) is 17.1 Å². The first kappa shape index (κ1) is 19.9. The van der Waals surface area contributed by atoms with E-state index in [1.54, 1.807) is 16.9 Å². The Bertz CT molecular complexity index is 931. The van der Waals surface area contributed by atoms with Crippen LogP contribution in [-0.2, 0) is 4.79 Å². The summed E-state index contributed by atoms with van der Waals surface area (Å²) in [4.78, 5) is 28.7. The molecule has 3 amide bonds. The van der Waals surface area contributed by atoms with Crippen LogP contribution in [0, 0.1) is 0 Å². The van der Waals surface area contributed by atoms with Gasteiger partial charge in [0.2, 0.25) is 5.91 Å². The molecule has 2 heterocycles. The third kappa shape index (κ3) is 3.98. The van der Waals surface area contributed by atoms with Gasteiger partial charge in [0.15, 0.2) is 11.5 Å². The van der Waals surface area contributed by atoms with Gasteiger partial charge in [0.25, 0.3) is 0 Å². The molecule has 30 heavy (non-hydrogen) atoms. The highest BCUT2D eigenvalue weighted by atomic mass is 16.6. The molecule has 1 fully saturated rings. The number of carbonyl (C=O) groups is 2. The molecule has 0 bridgehead atoms. The molecule has 2 aliphatic heterocycles. The van der Waals surface area contributed by atoms with Crippen LogP contribution in [0.1, 0.15) is 13.3 Å². The second-order valence-electron chi connectivity index (χ2n) is 7.13. The second-order valence-corrected chi connectivity index (χ2v) is 7.13. The predicted molar refractivity (Wildman–Crippen MR) is 113 cm³/mol. The minimum atomic E-state index is -0.273. The number of benzene rings is 2. The van der Waals surface area contributed by atoms with Gasteiger partial charge in [-0.1, -0.05) is 0 Å². The Hall–Kier alpha value is -3.42. The lowest BCUT2D eigenvalue weighted by Gasteiger charge is -2.24. The highest BCUT2D eigenvalue weighted by molar-refractivity contribution is 5.98. The molecular formula is C22H25N3O5. The van der Waals surface area contributed by atoms with E-state index in [4.69, 9.17) is 14.2 Å². The fourth-order valence-electron chi connectivity index (χ4n) is 3.71. The van der Waals surface area contributed by atoms with Crippen LogP contribution in [0.15, 0.2) is 42.5 Å². The van der Waals surface area contributed by atoms with E-state index in [1.165, 1.54) is 0 Å². The average molecular weight is 411 g/mol. The Morgan fingerprint density at radius 2 is 1.90 bits per heavy atom. The van der Waals surface area contributed by atoms with Crippen molar-refractivity contribution >= 4 is 23.3 Å². The van der Waals surface area contributed by atoms with Gasteiger partial charge in [-0.05, 0) is 43.3 Å². The standard InChI is InChI=1S/C22H25N3O5/c1-3-24(16-4-7-18(28-2)8-5-16)22(27)23-15-12-21(26)25(14-15)17-6-9-19-20(13-17)30-11-10-29-19/h4-9,13,15H,3,10-12,14H2,1-2H3,(H,23,27)/t15-/m1/s1. The highest BCUT2D eigenvalue weighted by Crippen LogP contribution is 2.35. The van der Waals surface area contributed by atoms with Gasteiger partial charge in [-0.25, -0.2) is 4.79 Å². The molecule has 0 unspecified atom stereocenters. The number of rotatable bonds is 5. The van der Waals surface area contributed by atoms with E-state index in [1.807, 2.05) is 49.4 Å². The summed E-state index contributed by atoms with van der Waals surface area (Å²) >= 11 is 0. The average Bonchev–Trinajstić information content (AvgIpc) is 3.14. The molecule has 2 aromatic carbocycles. The summed E-state index contributed by atoms with van der Waals surface area (Å²) in [7, 11) is 1.60. The first-order valence-electron chi connectivity index (χ1n) is 10.0. The monoisotopic (exact) mass is 411 g/mol. The maximum absolute atomic E-state index is 12.8. The zero-order chi connectivity index (χ0) is 21.1. The number of urea groups is 1. The maximum atomic E-state index is 12.8. The van der Waals surface area contributed by atoms with Gasteiger partial charge in [0.05, 0.1) is 13.2 Å². The summed E-state index contributed by atoms with van der Waals surface area (Å²) in [5.74, 6) is 2.01. The van der Waals surface area contributed by atoms with Crippen molar-refractivity contribution in [3.63, 3.8) is 0 Å². The van der Waals surface area contributed by atoms with Crippen molar-refractivity contribution in [3.05, 3.63) is 42.5 Å². The lowest BCUT2D eigenvalue weighted by molar-refractivity contribution is -0.117. The molecule has 0 saturated carbocycles. The number of hydrogen-bond acceptors (Lipinski definition) is 5. The fourth-order valence-corrected chi connectivity index (χ4v) is 3.71. The largest absolute Gasteiger partial charge is 0.497 e. The Balaban J connectivity index is 1.42. The molecule has 158 valence electrons. The summed E-state index contributed by atoms with van der Waals surface area (Å²) in [6.45, 7) is 3.83. The van der Waals surface area contributed by atoms with Crippen LogP contribution in [0.4, 0.5) is 16.2 Å². The van der Waals surface area contributed by atoms with Crippen LogP contribution in [0.3, 0.4) is 0 Å². The van der Waals surface area contributed by atoms with Gasteiger partial charge in [-0.15, -0.1) is 0 Å². The third-order valence-electron chi connectivity index (χ3n) is 5.24. The SMILES string of the molecule is CCN(C(=O)N[C@@H]1CC(=O)N(c2ccc3c(c2)OCCO3)C1)c1ccc(OC)cc1. The number of ether oxygens (including phenoxy) is 3. The van der Waals surface area contributed by atoms with Crippen molar-refractivity contribution in [2.45, 2.75) is 19.4 Å². The summed E-state index contributed by atoms with van der Waals surface area (Å²) in [5.41, 5.74) is 1.51. The quantitative estimate of drug-likeness (QED) is 0.818. The molecule has 1 atom stereocenters. The fraction of sp³-hybridized carbons (Fsp3) is 0.364. The number of nitrogens with zero attached hydrogens (tertiary/aromatic N) is 2. The predicted octanol–water partition coefficient (Wildman–Crippen LogP) is 2.81. The van der Waals surface area contributed by atoms with Crippen molar-refractivity contribution < 1.29 is 23.8 Å². The van der Waals surface area contributed by atoms with Crippen LogP contribution in [0.5, 0.6) is 17.2 Å². The molecule has 1 saturated heterocycles. The van der Waals surface area contributed by atoms with E-state index >= 15 is 0 Å². The molecule has 0 radical (unpaired) electrons. The first-order chi connectivity index (χ1) is 14.6. The molecule has 4 rings (SSSR count). The van der Waals surface area contributed by atoms with E-state index in [0.29, 0.717) is 37.8 Å². The number of nitrogens with one attached hydrogen (secondary N) is 1. The van der Waals surface area contributed by atoms with E-state index in [9.17, 15) is 9.59 Å². The van der Waals surface area contributed by atoms with Crippen LogP contribution in [0.2, 0.25) is 0 Å². The van der Waals surface area contributed by atoms with Crippen molar-refractivity contribution in [1.82, 2.24) is 5.32 Å². The maximum Gasteiger partial charge on any atom is 0.322 e. The lowest BCUT2D eigenvalue weighted by Crippen LogP contribution is -2.46. The summed E-state index contributed by atoms with van der Waals surface area (Å²) in [5, 5.41) is 2.99. The number of hydrogen-bond donors (Lipinski definition) is 1. The summed E-state index contributed by atoms with van der Waals surface area (Å²) in [6.07, 6.45) is 0.250. The van der Waals surface area contributed by atoms with Gasteiger partial charge < -0.3 is 24.4 Å². The van der Waals surface area contributed by atoms with Crippen LogP contribution < -0.4 is 29.3 Å². The van der Waals surface area contributed by atoms with Crippen LogP contribution >= 0.6 is 0 Å². The van der Waals surface area contributed by atoms with Gasteiger partial charge in [-0.2, -0.15) is 0 Å². The van der Waals surface area contributed by atoms with Gasteiger partial charge in [0, 0.05) is 37.0 Å². The Morgan fingerprint density at radius 1 is 1.17 bits per heavy atom. The van der Waals surface area contributed by atoms with Crippen molar-refractivity contribution in [2.24, 2.45) is 0 Å². The number of fused-ring (bicyclic) bond motifs is 1. The molecular weight excluding hydrogens is 386 g/mol. The number of amides is 3. The molecule has 0 spiro atoms. The highest BCUT2D eigenvalue weighted by Gasteiger charge is 2.33. The molecule has 2 aliphatic rings. The Morgan fingerprint density at radius 3 is 2.60 bits per heavy atom. The molecule has 0 aromatic heterocycles. The van der Waals surface area contributed by atoms with Gasteiger partial charge in [0.1, 0.15) is 19.0 Å². The lowest BCUT2D eigenvalue weighted by atomic mass is 10.2. The van der Waals surface area contributed by atoms with Crippen molar-refractivity contribution in [3.8, 4) is 17.2 Å². The Kier molecular flexibility index (Phi) is 5.65. The second kappa shape index (κ2) is 8.52. The zero-order valence-corrected chi connectivity index (χ0v) is 17.1. The van der Waals surface area contributed by atoms with Crippen molar-refractivity contribution in [1.29, 1.82) is 0 Å². The van der Waals surface area contributed by atoms with E-state index in [2.05, 4.69) is 5.32 Å². The molecule has 8 nitrogen and oxygen atoms in total. The minimum Gasteiger partial charge on any atom is -0.497 e. The van der Waals surface area contributed by atoms with Gasteiger partial charge in [-0.3, -0.25) is 9.69 Å². The molecule has 8 heteroatoms. The van der Waals surface area contributed by atoms with Gasteiger partial charge >= 0.3 is 6.03 Å². The zero-order valence-electron chi connectivity index (χ0n) is 17.1. The smallest absolute Gasteiger partial charge is 0.322 e. The van der Waals surface area contributed by atoms with E-state index < -0.39 is 0 Å². The summed E-state index contributed by atoms with van der Waals surface area (Å²) in [6, 6.07) is 12.3. The number of methoxy groups -OCH3 is 1. The van der Waals surface area contributed by atoms with Crippen molar-refractivity contribution in [2.75, 3.05) is 43.2 Å². The molecule has 0 aliphatic carbocycles. The normalized spacial score (nSPS) is 17.6. The van der Waals surface area contributed by atoms with Crippen LogP contribution in [0.25, 0.3) is 0 Å². The topological polar surface area (TPSA) is 80.3 Å². The molecule has 1 N–H and O–H groups in total. The summed E-state index contributed by atoms with van der Waals surface area (Å²) < 4.78 is 16.3.